The predicted molar refractivity (Wildman–Crippen MR) is 124 cm³/mol. The molecular formula is C28H17O3+. The number of benzene rings is 5. The standard InChI is InChI=1S/C28H16O3/c29-27-23-15-21-22(16-24(23)28(30)31-27)26(18-11-5-2-6-12-18)20-14-8-7-13-19(20)25(21)17-9-3-1-4-10-17/h1-16H/p+1. The molecular weight excluding hydrogens is 384 g/mol. The van der Waals surface area contributed by atoms with Crippen molar-refractivity contribution in [3.05, 3.63) is 108 Å². The zero-order valence-corrected chi connectivity index (χ0v) is 16.5. The summed E-state index contributed by atoms with van der Waals surface area (Å²) in [6.45, 7) is 0. The molecule has 1 aliphatic heterocycles. The second kappa shape index (κ2) is 6.64. The van der Waals surface area contributed by atoms with Gasteiger partial charge in [-0.2, -0.15) is 0 Å². The first kappa shape index (κ1) is 17.6. The second-order valence-electron chi connectivity index (χ2n) is 7.67. The van der Waals surface area contributed by atoms with Crippen LogP contribution in [0.25, 0.3) is 43.8 Å². The van der Waals surface area contributed by atoms with Crippen LogP contribution >= 0.6 is 0 Å². The molecule has 3 nitrogen and oxygen atoms in total. The molecule has 31 heavy (non-hydrogen) atoms. The van der Waals surface area contributed by atoms with Gasteiger partial charge < -0.3 is 4.79 Å². The summed E-state index contributed by atoms with van der Waals surface area (Å²) in [5, 5.41) is 4.14. The van der Waals surface area contributed by atoms with Crippen molar-refractivity contribution in [3.63, 3.8) is 0 Å². The van der Waals surface area contributed by atoms with Crippen LogP contribution in [0.15, 0.2) is 97.1 Å². The number of carbonyl (C=O) groups is 1. The van der Waals surface area contributed by atoms with Crippen molar-refractivity contribution in [2.24, 2.45) is 0 Å². The highest BCUT2D eigenvalue weighted by molar-refractivity contribution is 6.25. The Labute approximate surface area is 178 Å². The lowest BCUT2D eigenvalue weighted by Crippen LogP contribution is -1.98. The quantitative estimate of drug-likeness (QED) is 0.150. The van der Waals surface area contributed by atoms with Crippen molar-refractivity contribution >= 4 is 33.5 Å². The van der Waals surface area contributed by atoms with E-state index in [2.05, 4.69) is 36.4 Å². The Morgan fingerprint density at radius 3 is 1.52 bits per heavy atom. The lowest BCUT2D eigenvalue weighted by atomic mass is 9.84. The van der Waals surface area contributed by atoms with Gasteiger partial charge in [-0.15, -0.1) is 0 Å². The molecule has 0 radical (unpaired) electrons. The van der Waals surface area contributed by atoms with Gasteiger partial charge in [0.05, 0.1) is 0 Å². The maximum absolute atomic E-state index is 12.4. The van der Waals surface area contributed by atoms with Gasteiger partial charge in [-0.1, -0.05) is 84.9 Å². The number of esters is 2. The fourth-order valence-electron chi connectivity index (χ4n) is 4.60. The summed E-state index contributed by atoms with van der Waals surface area (Å²) >= 11 is 0. The number of ether oxygens (including phenoxy) is 1. The van der Waals surface area contributed by atoms with Gasteiger partial charge >= 0.3 is 11.9 Å². The summed E-state index contributed by atoms with van der Waals surface area (Å²) < 4.78 is 5.02. The highest BCUT2D eigenvalue weighted by Crippen LogP contribution is 2.45. The van der Waals surface area contributed by atoms with Crippen molar-refractivity contribution < 1.29 is 14.3 Å². The lowest BCUT2D eigenvalue weighted by Gasteiger charge is -2.18. The van der Waals surface area contributed by atoms with Crippen LogP contribution in [-0.4, -0.2) is 16.7 Å². The van der Waals surface area contributed by atoms with Gasteiger partial charge in [0.25, 0.3) is 0 Å². The van der Waals surface area contributed by atoms with Crippen LogP contribution in [0.1, 0.15) is 15.9 Å². The Balaban J connectivity index is 1.88. The zero-order chi connectivity index (χ0) is 20.9. The van der Waals surface area contributed by atoms with Gasteiger partial charge in [0.1, 0.15) is 11.1 Å². The van der Waals surface area contributed by atoms with E-state index in [0.717, 1.165) is 43.8 Å². The summed E-state index contributed by atoms with van der Waals surface area (Å²) in [6.07, 6.45) is 0. The van der Waals surface area contributed by atoms with E-state index in [0.29, 0.717) is 11.1 Å². The van der Waals surface area contributed by atoms with E-state index in [-0.39, 0.29) is 5.97 Å². The fraction of sp³-hybridized carbons (Fsp3) is 0. The number of rotatable bonds is 2. The summed E-state index contributed by atoms with van der Waals surface area (Å²) in [6, 6.07) is 32.5. The summed E-state index contributed by atoms with van der Waals surface area (Å²) in [7, 11) is 0. The van der Waals surface area contributed by atoms with Crippen LogP contribution in [0.3, 0.4) is 0 Å². The van der Waals surface area contributed by atoms with Crippen LogP contribution < -0.4 is 0 Å². The zero-order valence-electron chi connectivity index (χ0n) is 16.5. The first-order valence-electron chi connectivity index (χ1n) is 10.1. The molecule has 1 aliphatic rings. The molecule has 5 aromatic rings. The van der Waals surface area contributed by atoms with Gasteiger partial charge in [-0.05, 0) is 55.9 Å². The van der Waals surface area contributed by atoms with Crippen molar-refractivity contribution in [2.75, 3.05) is 0 Å². The number of cyclic esters (lactones) is 2. The Kier molecular flexibility index (Phi) is 3.77. The molecule has 0 unspecified atom stereocenters. The molecule has 1 N–H and O–H groups in total. The molecule has 0 spiro atoms. The van der Waals surface area contributed by atoms with Crippen LogP contribution in [-0.2, 0) is 4.74 Å². The molecule has 0 aliphatic carbocycles. The van der Waals surface area contributed by atoms with E-state index in [1.807, 2.05) is 60.7 Å². The smallest absolute Gasteiger partial charge is 0.335 e. The summed E-state index contributed by atoms with van der Waals surface area (Å²) in [5.41, 5.74) is 5.10. The van der Waals surface area contributed by atoms with Crippen LogP contribution in [0.4, 0.5) is 0 Å². The third kappa shape index (κ3) is 2.60. The lowest BCUT2D eigenvalue weighted by molar-refractivity contribution is 0.0724. The van der Waals surface area contributed by atoms with E-state index in [1.54, 1.807) is 0 Å². The van der Waals surface area contributed by atoms with E-state index in [9.17, 15) is 9.59 Å². The maximum atomic E-state index is 12.4. The Hall–Kier alpha value is -4.24. The van der Waals surface area contributed by atoms with Gasteiger partial charge in [0.15, 0.2) is 0 Å². The van der Waals surface area contributed by atoms with Crippen molar-refractivity contribution in [2.45, 2.75) is 0 Å². The second-order valence-corrected chi connectivity index (χ2v) is 7.67. The number of hydrogen-bond acceptors (Lipinski definition) is 2. The number of carbonyl (C=O) groups excluding carboxylic acids is 2. The molecule has 3 heteroatoms. The Morgan fingerprint density at radius 2 is 1.00 bits per heavy atom. The van der Waals surface area contributed by atoms with Crippen LogP contribution in [0, 0.1) is 0 Å². The molecule has 5 aromatic carbocycles. The fourth-order valence-corrected chi connectivity index (χ4v) is 4.60. The van der Waals surface area contributed by atoms with E-state index < -0.39 is 5.97 Å². The Morgan fingerprint density at radius 1 is 0.548 bits per heavy atom. The minimum Gasteiger partial charge on any atom is -0.335 e. The van der Waals surface area contributed by atoms with Gasteiger partial charge in [-0.3, -0.25) is 0 Å². The van der Waals surface area contributed by atoms with E-state index in [4.69, 9.17) is 4.74 Å². The third-order valence-electron chi connectivity index (χ3n) is 5.93. The highest BCUT2D eigenvalue weighted by Gasteiger charge is 2.39. The molecule has 0 atom stereocenters. The first-order valence-corrected chi connectivity index (χ1v) is 10.1. The number of fused-ring (bicyclic) bond motifs is 3. The minimum absolute atomic E-state index is 0.338. The monoisotopic (exact) mass is 401 g/mol. The minimum atomic E-state index is -0.525. The molecule has 0 fully saturated rings. The number of hydrogen-bond donors (Lipinski definition) is 0. The first-order chi connectivity index (χ1) is 15.2. The maximum Gasteiger partial charge on any atom is 0.527 e. The van der Waals surface area contributed by atoms with Crippen LogP contribution in [0.2, 0.25) is 0 Å². The molecule has 0 bridgehead atoms. The van der Waals surface area contributed by atoms with E-state index in [1.165, 1.54) is 0 Å². The molecule has 1 heterocycles. The average Bonchev–Trinajstić information content (AvgIpc) is 3.09. The van der Waals surface area contributed by atoms with Crippen LogP contribution in [0.5, 0.6) is 0 Å². The molecule has 0 aromatic heterocycles. The molecule has 146 valence electrons. The topological polar surface area (TPSA) is 47.7 Å². The SMILES string of the molecule is O=C1OC(=[OH+])c2cc3c(-c4ccccc4)c4ccccc4c(-c4ccccc4)c3cc21. The van der Waals surface area contributed by atoms with Gasteiger partial charge in [0, 0.05) is 0 Å². The molecule has 0 amide bonds. The average molecular weight is 401 g/mol. The van der Waals surface area contributed by atoms with Gasteiger partial charge in [0.2, 0.25) is 0 Å². The Bertz CT molecular complexity index is 1400. The van der Waals surface area contributed by atoms with Crippen molar-refractivity contribution in [3.8, 4) is 22.3 Å². The van der Waals surface area contributed by atoms with E-state index >= 15 is 0 Å². The van der Waals surface area contributed by atoms with Gasteiger partial charge in [-0.25, -0.2) is 9.53 Å². The third-order valence-corrected chi connectivity index (χ3v) is 5.93. The van der Waals surface area contributed by atoms with Crippen molar-refractivity contribution in [1.82, 2.24) is 0 Å². The molecule has 0 saturated heterocycles. The normalized spacial score (nSPS) is 12.9. The summed E-state index contributed by atoms with van der Waals surface area (Å²) in [5.74, 6) is -0.863. The highest BCUT2D eigenvalue weighted by atomic mass is 16.6. The predicted octanol–water partition coefficient (Wildman–Crippen LogP) is 6.35. The molecule has 0 saturated carbocycles. The summed E-state index contributed by atoms with van der Waals surface area (Å²) in [4.78, 5) is 22.6. The molecule has 6 rings (SSSR count). The largest absolute Gasteiger partial charge is 0.527 e. The van der Waals surface area contributed by atoms with Crippen molar-refractivity contribution in [1.29, 1.82) is 0 Å².